The lowest BCUT2D eigenvalue weighted by atomic mass is 10.0. The summed E-state index contributed by atoms with van der Waals surface area (Å²) < 4.78 is 4.94. The van der Waals surface area contributed by atoms with Crippen molar-refractivity contribution >= 4 is 23.9 Å². The van der Waals surface area contributed by atoms with Gasteiger partial charge in [0.05, 0.1) is 0 Å². The van der Waals surface area contributed by atoms with Gasteiger partial charge in [0.1, 0.15) is 0 Å². The largest absolute Gasteiger partial charge is 0.296 e. The van der Waals surface area contributed by atoms with E-state index in [1.54, 1.807) is 0 Å². The van der Waals surface area contributed by atoms with Gasteiger partial charge in [0.25, 0.3) is 0 Å². The minimum absolute atomic E-state index is 1.04. The lowest BCUT2D eigenvalue weighted by Crippen LogP contribution is -2.42. The Morgan fingerprint density at radius 1 is 0.808 bits per heavy atom. The molecule has 0 N–H and O–H groups in total. The highest BCUT2D eigenvalue weighted by molar-refractivity contribution is 7.97. The Labute approximate surface area is 166 Å². The zero-order chi connectivity index (χ0) is 17.8. The van der Waals surface area contributed by atoms with Crippen molar-refractivity contribution in [3.63, 3.8) is 0 Å². The molecule has 2 heterocycles. The predicted molar refractivity (Wildman–Crippen MR) is 113 cm³/mol. The second kappa shape index (κ2) is 8.81. The maximum Gasteiger partial charge on any atom is 0.0346 e. The van der Waals surface area contributed by atoms with E-state index in [1.807, 2.05) is 23.9 Å². The molecule has 1 saturated heterocycles. The Morgan fingerprint density at radius 2 is 1.54 bits per heavy atom. The number of nitrogens with zero attached hydrogens (tertiary/aromatic N) is 3. The molecule has 0 unspecified atom stereocenters. The summed E-state index contributed by atoms with van der Waals surface area (Å²) >= 11 is 3.76. The van der Waals surface area contributed by atoms with E-state index in [4.69, 9.17) is 0 Å². The number of piperazine rings is 1. The lowest BCUT2D eigenvalue weighted by molar-refractivity contribution is 0.189. The van der Waals surface area contributed by atoms with Gasteiger partial charge in [-0.2, -0.15) is 0 Å². The summed E-state index contributed by atoms with van der Waals surface area (Å²) in [6, 6.07) is 18.0. The predicted octanol–water partition coefficient (Wildman–Crippen LogP) is 4.15. The highest BCUT2D eigenvalue weighted by Crippen LogP contribution is 2.29. The van der Waals surface area contributed by atoms with Crippen molar-refractivity contribution in [3.8, 4) is 0 Å². The minimum atomic E-state index is 1.04. The number of benzene rings is 2. The Hall–Kier alpha value is -0.980. The molecule has 0 atom stereocenters. The van der Waals surface area contributed by atoms with Crippen LogP contribution >= 0.6 is 23.9 Å². The van der Waals surface area contributed by atoms with E-state index in [1.165, 1.54) is 47.8 Å². The van der Waals surface area contributed by atoms with Crippen LogP contribution in [0, 0.1) is 0 Å². The Morgan fingerprint density at radius 3 is 2.27 bits per heavy atom. The van der Waals surface area contributed by atoms with Crippen molar-refractivity contribution < 1.29 is 0 Å². The molecule has 4 rings (SSSR count). The van der Waals surface area contributed by atoms with Crippen LogP contribution in [0.2, 0.25) is 0 Å². The van der Waals surface area contributed by atoms with Crippen molar-refractivity contribution in [1.29, 1.82) is 0 Å². The number of hydrogen-bond acceptors (Lipinski definition) is 5. The monoisotopic (exact) mass is 385 g/mol. The van der Waals surface area contributed by atoms with Crippen molar-refractivity contribution in [2.45, 2.75) is 24.4 Å². The summed E-state index contributed by atoms with van der Waals surface area (Å²) in [7, 11) is 0. The highest BCUT2D eigenvalue weighted by Gasteiger charge is 2.18. The standard InChI is InChI=1S/C21H27N3S2/c1-25-23-14-12-22(13-15-23)16-18-6-8-21(9-7-18)26-24-11-10-19-4-2-3-5-20(19)17-24/h2-9H,10-17H2,1H3. The molecule has 0 aliphatic carbocycles. The van der Waals surface area contributed by atoms with E-state index in [9.17, 15) is 0 Å². The molecule has 0 amide bonds. The van der Waals surface area contributed by atoms with E-state index in [-0.39, 0.29) is 0 Å². The second-order valence-corrected chi connectivity index (χ2v) is 9.06. The summed E-state index contributed by atoms with van der Waals surface area (Å²) in [6.45, 7) is 7.93. The molecule has 0 saturated carbocycles. The zero-order valence-electron chi connectivity index (χ0n) is 15.4. The van der Waals surface area contributed by atoms with Gasteiger partial charge in [-0.1, -0.05) is 48.3 Å². The molecule has 2 aromatic rings. The summed E-state index contributed by atoms with van der Waals surface area (Å²) in [4.78, 5) is 3.91. The first kappa shape index (κ1) is 18.4. The van der Waals surface area contributed by atoms with E-state index >= 15 is 0 Å². The SMILES string of the molecule is CSN1CCN(Cc2ccc(SN3CCc4ccccc4C3)cc2)CC1. The third-order valence-electron chi connectivity index (χ3n) is 5.25. The van der Waals surface area contributed by atoms with Crippen molar-refractivity contribution in [3.05, 3.63) is 65.2 Å². The fourth-order valence-electron chi connectivity index (χ4n) is 3.68. The molecule has 0 bridgehead atoms. The maximum absolute atomic E-state index is 2.57. The van der Waals surface area contributed by atoms with E-state index < -0.39 is 0 Å². The first-order chi connectivity index (χ1) is 12.8. The zero-order valence-corrected chi connectivity index (χ0v) is 17.1. The van der Waals surface area contributed by atoms with E-state index in [0.717, 1.165) is 26.1 Å². The molecular formula is C21H27N3S2. The molecule has 1 fully saturated rings. The molecule has 5 heteroatoms. The van der Waals surface area contributed by atoms with Gasteiger partial charge in [0.2, 0.25) is 0 Å². The topological polar surface area (TPSA) is 9.72 Å². The third-order valence-corrected chi connectivity index (χ3v) is 7.18. The van der Waals surface area contributed by atoms with Crippen LogP contribution in [-0.2, 0) is 19.5 Å². The molecule has 0 spiro atoms. The van der Waals surface area contributed by atoms with Crippen molar-refractivity contribution in [2.75, 3.05) is 39.0 Å². The molecule has 0 radical (unpaired) electrons. The van der Waals surface area contributed by atoms with Crippen LogP contribution in [0.4, 0.5) is 0 Å². The van der Waals surface area contributed by atoms with Gasteiger partial charge < -0.3 is 0 Å². The van der Waals surface area contributed by atoms with Crippen LogP contribution in [0.15, 0.2) is 53.4 Å². The average Bonchev–Trinajstić information content (AvgIpc) is 2.70. The molecule has 3 nitrogen and oxygen atoms in total. The van der Waals surface area contributed by atoms with Crippen LogP contribution in [-0.4, -0.2) is 52.5 Å². The van der Waals surface area contributed by atoms with E-state index in [0.29, 0.717) is 0 Å². The Kier molecular flexibility index (Phi) is 6.23. The Balaban J connectivity index is 1.30. The number of rotatable bonds is 5. The van der Waals surface area contributed by atoms with Crippen LogP contribution < -0.4 is 0 Å². The van der Waals surface area contributed by atoms with Gasteiger partial charge in [0, 0.05) is 50.7 Å². The van der Waals surface area contributed by atoms with Crippen LogP contribution in [0.1, 0.15) is 16.7 Å². The molecule has 2 aromatic carbocycles. The van der Waals surface area contributed by atoms with Gasteiger partial charge in [-0.3, -0.25) is 4.90 Å². The smallest absolute Gasteiger partial charge is 0.0346 e. The molecule has 2 aliphatic heterocycles. The maximum atomic E-state index is 2.57. The minimum Gasteiger partial charge on any atom is -0.296 e. The summed E-state index contributed by atoms with van der Waals surface area (Å²) in [6.07, 6.45) is 3.33. The molecule has 0 aromatic heterocycles. The van der Waals surface area contributed by atoms with Crippen molar-refractivity contribution in [2.24, 2.45) is 0 Å². The fourth-order valence-corrected chi connectivity index (χ4v) is 5.15. The third kappa shape index (κ3) is 4.65. The van der Waals surface area contributed by atoms with Gasteiger partial charge in [-0.15, -0.1) is 0 Å². The summed E-state index contributed by atoms with van der Waals surface area (Å²) in [5.74, 6) is 0. The van der Waals surface area contributed by atoms with Crippen molar-refractivity contribution in [1.82, 2.24) is 13.5 Å². The van der Waals surface area contributed by atoms with Gasteiger partial charge >= 0.3 is 0 Å². The number of hydrogen-bond donors (Lipinski definition) is 0. The first-order valence-electron chi connectivity index (χ1n) is 9.40. The van der Waals surface area contributed by atoms with Gasteiger partial charge in [0.15, 0.2) is 0 Å². The van der Waals surface area contributed by atoms with Crippen LogP contribution in [0.5, 0.6) is 0 Å². The van der Waals surface area contributed by atoms with Gasteiger partial charge in [-0.05, 0) is 53.4 Å². The first-order valence-corrected chi connectivity index (χ1v) is 11.4. The molecule has 2 aliphatic rings. The average molecular weight is 386 g/mol. The van der Waals surface area contributed by atoms with Gasteiger partial charge in [-0.25, -0.2) is 8.61 Å². The normalized spacial score (nSPS) is 19.4. The molecular weight excluding hydrogens is 358 g/mol. The summed E-state index contributed by atoms with van der Waals surface area (Å²) in [5, 5.41) is 0. The molecule has 138 valence electrons. The quantitative estimate of drug-likeness (QED) is 0.713. The van der Waals surface area contributed by atoms with Crippen LogP contribution in [0.25, 0.3) is 0 Å². The highest BCUT2D eigenvalue weighted by atomic mass is 32.2. The Bertz CT molecular complexity index is 711. The number of fused-ring (bicyclic) bond motifs is 1. The fraction of sp³-hybridized carbons (Fsp3) is 0.429. The summed E-state index contributed by atoms with van der Waals surface area (Å²) in [5.41, 5.74) is 4.42. The second-order valence-electron chi connectivity index (χ2n) is 7.01. The van der Waals surface area contributed by atoms with E-state index in [2.05, 4.69) is 68.3 Å². The lowest BCUT2D eigenvalue weighted by Gasteiger charge is -2.33. The van der Waals surface area contributed by atoms with Crippen LogP contribution in [0.3, 0.4) is 0 Å². The molecule has 26 heavy (non-hydrogen) atoms.